The summed E-state index contributed by atoms with van der Waals surface area (Å²) in [4.78, 5) is 0. The largest absolute Gasteiger partial charge is 0.507 e. The number of aliphatic hydroxyl groups excluding tert-OH is 2. The van der Waals surface area contributed by atoms with Gasteiger partial charge in [-0.2, -0.15) is 0 Å². The third-order valence-corrected chi connectivity index (χ3v) is 3.86. The molecule has 1 atom stereocenters. The van der Waals surface area contributed by atoms with Gasteiger partial charge in [0.15, 0.2) is 0 Å². The van der Waals surface area contributed by atoms with Crippen LogP contribution in [-0.2, 0) is 0 Å². The van der Waals surface area contributed by atoms with Crippen LogP contribution in [0.3, 0.4) is 0 Å². The zero-order valence-corrected chi connectivity index (χ0v) is 14.6. The number of benzene rings is 1. The van der Waals surface area contributed by atoms with E-state index in [0.29, 0.717) is 18.4 Å². The highest BCUT2D eigenvalue weighted by Gasteiger charge is 2.11. The molecule has 3 nitrogen and oxygen atoms in total. The number of halogens is 1. The molecule has 0 saturated carbocycles. The summed E-state index contributed by atoms with van der Waals surface area (Å²) in [6.45, 7) is 7.48. The van der Waals surface area contributed by atoms with E-state index in [2.05, 4.69) is 22.5 Å². The summed E-state index contributed by atoms with van der Waals surface area (Å²) < 4.78 is 0.903. The van der Waals surface area contributed by atoms with Gasteiger partial charge in [-0.25, -0.2) is 0 Å². The molecule has 1 aromatic rings. The molecule has 0 radical (unpaired) electrons. The molecule has 4 heteroatoms. The molecule has 0 aliphatic rings. The van der Waals surface area contributed by atoms with Crippen molar-refractivity contribution in [2.45, 2.75) is 32.8 Å². The monoisotopic (exact) mass is 366 g/mol. The minimum absolute atomic E-state index is 0.111. The fourth-order valence-corrected chi connectivity index (χ4v) is 2.57. The second-order valence-electron chi connectivity index (χ2n) is 5.37. The molecule has 1 unspecified atom stereocenters. The first kappa shape index (κ1) is 18.7. The lowest BCUT2D eigenvalue weighted by atomic mass is 9.96. The molecular formula is C18H23BrO3. The Morgan fingerprint density at radius 3 is 2.64 bits per heavy atom. The Morgan fingerprint density at radius 1 is 1.36 bits per heavy atom. The summed E-state index contributed by atoms with van der Waals surface area (Å²) in [5.74, 6) is 0.228. The maximum Gasteiger partial charge on any atom is 0.122 e. The van der Waals surface area contributed by atoms with Gasteiger partial charge in [-0.1, -0.05) is 45.8 Å². The van der Waals surface area contributed by atoms with E-state index < -0.39 is 6.10 Å². The summed E-state index contributed by atoms with van der Waals surface area (Å²) in [5, 5.41) is 29.0. The quantitative estimate of drug-likeness (QED) is 0.633. The van der Waals surface area contributed by atoms with Crippen molar-refractivity contribution in [3.05, 3.63) is 57.6 Å². The van der Waals surface area contributed by atoms with Crippen LogP contribution in [0.1, 0.15) is 32.3 Å². The highest BCUT2D eigenvalue weighted by molar-refractivity contribution is 9.10. The summed E-state index contributed by atoms with van der Waals surface area (Å²) >= 11 is 3.38. The van der Waals surface area contributed by atoms with Crippen molar-refractivity contribution >= 4 is 22.0 Å². The Labute approximate surface area is 140 Å². The third-order valence-electron chi connectivity index (χ3n) is 3.37. The number of aromatic hydroxyl groups is 1. The van der Waals surface area contributed by atoms with E-state index >= 15 is 0 Å². The van der Waals surface area contributed by atoms with Gasteiger partial charge in [0, 0.05) is 10.0 Å². The topological polar surface area (TPSA) is 60.7 Å². The molecule has 22 heavy (non-hydrogen) atoms. The molecule has 1 rings (SSSR count). The van der Waals surface area contributed by atoms with Crippen LogP contribution in [0.5, 0.6) is 5.75 Å². The smallest absolute Gasteiger partial charge is 0.122 e. The maximum absolute atomic E-state index is 10.2. The van der Waals surface area contributed by atoms with Gasteiger partial charge < -0.3 is 15.3 Å². The number of hydrogen-bond acceptors (Lipinski definition) is 3. The first-order valence-corrected chi connectivity index (χ1v) is 7.95. The van der Waals surface area contributed by atoms with Gasteiger partial charge in [0.2, 0.25) is 0 Å². The average Bonchev–Trinajstić information content (AvgIpc) is 2.45. The molecule has 0 amide bonds. The van der Waals surface area contributed by atoms with E-state index in [-0.39, 0.29) is 12.4 Å². The zero-order chi connectivity index (χ0) is 16.7. The van der Waals surface area contributed by atoms with Gasteiger partial charge in [-0.3, -0.25) is 0 Å². The summed E-state index contributed by atoms with van der Waals surface area (Å²) in [5.41, 5.74) is 3.23. The summed E-state index contributed by atoms with van der Waals surface area (Å²) in [7, 11) is 0. The Hall–Kier alpha value is -1.36. The van der Waals surface area contributed by atoms with E-state index in [0.717, 1.165) is 21.2 Å². The van der Waals surface area contributed by atoms with Crippen LogP contribution in [0.15, 0.2) is 52.0 Å². The fraction of sp³-hybridized carbons (Fsp3) is 0.333. The SMILES string of the molecule is C=C(C)/C(=C/CO)C(O)CC/C(C)=C/c1cc(Br)ccc1O. The van der Waals surface area contributed by atoms with E-state index in [4.69, 9.17) is 5.11 Å². The predicted molar refractivity (Wildman–Crippen MR) is 94.7 cm³/mol. The summed E-state index contributed by atoms with van der Waals surface area (Å²) in [6.07, 6.45) is 4.07. The molecule has 0 saturated heterocycles. The minimum Gasteiger partial charge on any atom is -0.507 e. The normalized spacial score (nSPS) is 14.0. The molecule has 0 spiro atoms. The summed E-state index contributed by atoms with van der Waals surface area (Å²) in [6, 6.07) is 5.27. The zero-order valence-electron chi connectivity index (χ0n) is 13.0. The average molecular weight is 367 g/mol. The van der Waals surface area contributed by atoms with E-state index in [1.54, 1.807) is 18.2 Å². The Kier molecular flexibility index (Phi) is 7.59. The van der Waals surface area contributed by atoms with E-state index in [1.165, 1.54) is 0 Å². The van der Waals surface area contributed by atoms with Crippen molar-refractivity contribution in [3.63, 3.8) is 0 Å². The number of rotatable bonds is 7. The molecule has 3 N–H and O–H groups in total. The molecule has 0 bridgehead atoms. The molecule has 0 aromatic heterocycles. The van der Waals surface area contributed by atoms with Crippen molar-refractivity contribution in [2.75, 3.05) is 6.61 Å². The molecule has 120 valence electrons. The number of allylic oxidation sites excluding steroid dienone is 1. The van der Waals surface area contributed by atoms with Crippen LogP contribution in [0.2, 0.25) is 0 Å². The van der Waals surface area contributed by atoms with Crippen molar-refractivity contribution < 1.29 is 15.3 Å². The highest BCUT2D eigenvalue weighted by Crippen LogP contribution is 2.26. The first-order chi connectivity index (χ1) is 10.3. The number of phenols is 1. The van der Waals surface area contributed by atoms with Crippen molar-refractivity contribution in [2.24, 2.45) is 0 Å². The Morgan fingerprint density at radius 2 is 2.05 bits per heavy atom. The number of phenolic OH excluding ortho intramolecular Hbond substituents is 1. The minimum atomic E-state index is -0.649. The molecule has 0 heterocycles. The lowest BCUT2D eigenvalue weighted by molar-refractivity contribution is 0.201. The van der Waals surface area contributed by atoms with Gasteiger partial charge in [0.05, 0.1) is 12.7 Å². The van der Waals surface area contributed by atoms with Crippen LogP contribution >= 0.6 is 15.9 Å². The lowest BCUT2D eigenvalue weighted by Crippen LogP contribution is -2.12. The highest BCUT2D eigenvalue weighted by atomic mass is 79.9. The van der Waals surface area contributed by atoms with Gasteiger partial charge in [-0.15, -0.1) is 0 Å². The van der Waals surface area contributed by atoms with Crippen LogP contribution in [0.4, 0.5) is 0 Å². The Bertz CT molecular complexity index is 588. The number of aliphatic hydroxyl groups is 2. The second kappa shape index (κ2) is 8.93. The third kappa shape index (κ3) is 5.79. The van der Waals surface area contributed by atoms with Crippen LogP contribution in [0, 0.1) is 0 Å². The van der Waals surface area contributed by atoms with Crippen molar-refractivity contribution in [3.8, 4) is 5.75 Å². The maximum atomic E-state index is 10.2. The first-order valence-electron chi connectivity index (χ1n) is 7.15. The number of hydrogen-bond donors (Lipinski definition) is 3. The molecule has 0 fully saturated rings. The molecule has 0 aliphatic heterocycles. The van der Waals surface area contributed by atoms with E-state index in [1.807, 2.05) is 26.0 Å². The van der Waals surface area contributed by atoms with Crippen LogP contribution in [0.25, 0.3) is 6.08 Å². The van der Waals surface area contributed by atoms with Gasteiger partial charge >= 0.3 is 0 Å². The molecular weight excluding hydrogens is 344 g/mol. The van der Waals surface area contributed by atoms with E-state index in [9.17, 15) is 10.2 Å². The predicted octanol–water partition coefficient (Wildman–Crippen LogP) is 4.19. The molecule has 1 aromatic carbocycles. The van der Waals surface area contributed by atoms with Gasteiger partial charge in [0.1, 0.15) is 5.75 Å². The lowest BCUT2D eigenvalue weighted by Gasteiger charge is -2.15. The van der Waals surface area contributed by atoms with Gasteiger partial charge in [-0.05, 0) is 50.5 Å². The van der Waals surface area contributed by atoms with Crippen molar-refractivity contribution in [1.82, 2.24) is 0 Å². The fourth-order valence-electron chi connectivity index (χ4n) is 2.19. The van der Waals surface area contributed by atoms with Crippen molar-refractivity contribution in [1.29, 1.82) is 0 Å². The molecule has 0 aliphatic carbocycles. The van der Waals surface area contributed by atoms with Crippen LogP contribution in [-0.4, -0.2) is 28.0 Å². The Balaban J connectivity index is 2.74. The van der Waals surface area contributed by atoms with Gasteiger partial charge in [0.25, 0.3) is 0 Å². The second-order valence-corrected chi connectivity index (χ2v) is 6.29. The van der Waals surface area contributed by atoms with Crippen LogP contribution < -0.4 is 0 Å². The standard InChI is InChI=1S/C18H23BrO3/c1-12(2)16(8-9-20)18(22)6-4-13(3)10-14-11-15(19)5-7-17(14)21/h5,7-8,10-11,18,20-22H,1,4,6,9H2,2-3H3/b13-10+,16-8-.